The Labute approximate surface area is 345 Å². The first-order valence-electron chi connectivity index (χ1n) is 21.1. The van der Waals surface area contributed by atoms with Crippen molar-refractivity contribution in [2.45, 2.75) is 157 Å². The van der Waals surface area contributed by atoms with E-state index >= 15 is 0 Å². The molecule has 0 aliphatic rings. The van der Waals surface area contributed by atoms with Gasteiger partial charge in [-0.25, -0.2) is 9.97 Å². The Morgan fingerprint density at radius 3 is 1.00 bits per heavy atom. The molecular weight excluding hydrogens is 709 g/mol. The highest BCUT2D eigenvalue weighted by molar-refractivity contribution is 6.12. The van der Waals surface area contributed by atoms with E-state index in [1.807, 2.05) is 12.4 Å². The number of hydrogen-bond acceptors (Lipinski definition) is 4. The minimum absolute atomic E-state index is 0.102. The fourth-order valence-corrected chi connectivity index (χ4v) is 8.41. The van der Waals surface area contributed by atoms with E-state index in [1.165, 1.54) is 55.4 Å². The topological polar surface area (TPSA) is 60.4 Å². The molecule has 0 aliphatic carbocycles. The summed E-state index contributed by atoms with van der Waals surface area (Å²) in [6, 6.07) is 19.1. The zero-order valence-electron chi connectivity index (χ0n) is 38.5. The van der Waals surface area contributed by atoms with Crippen LogP contribution < -0.4 is 0 Å². The molecule has 302 valence electrons. The van der Waals surface area contributed by atoms with E-state index in [9.17, 15) is 0 Å². The molecule has 6 heterocycles. The summed E-state index contributed by atoms with van der Waals surface area (Å²) in [6.07, 6.45) is 3.96. The number of fused-ring (bicyclic) bond motifs is 10. The first-order valence-corrected chi connectivity index (χ1v) is 21.1. The van der Waals surface area contributed by atoms with E-state index in [2.05, 4.69) is 182 Å². The van der Waals surface area contributed by atoms with Gasteiger partial charge in [0.25, 0.3) is 0 Å². The van der Waals surface area contributed by atoms with Gasteiger partial charge in [0.1, 0.15) is 11.0 Å². The van der Waals surface area contributed by atoms with E-state index in [-0.39, 0.29) is 32.5 Å². The van der Waals surface area contributed by atoms with Crippen molar-refractivity contribution < 1.29 is 0 Å². The predicted molar refractivity (Wildman–Crippen MR) is 247 cm³/mol. The fourth-order valence-electron chi connectivity index (χ4n) is 8.41. The van der Waals surface area contributed by atoms with Crippen LogP contribution in [0.3, 0.4) is 0 Å². The van der Waals surface area contributed by atoms with E-state index in [0.717, 1.165) is 44.5 Å². The highest BCUT2D eigenvalue weighted by Gasteiger charge is 2.30. The van der Waals surface area contributed by atoms with Gasteiger partial charge in [-0.15, -0.1) is 0 Å². The van der Waals surface area contributed by atoms with E-state index in [0.29, 0.717) is 0 Å². The molecular formula is C52H64N6. The molecule has 6 aromatic heterocycles. The Hall–Kier alpha value is -4.84. The minimum Gasteiger partial charge on any atom is -0.311 e. The third-order valence-corrected chi connectivity index (χ3v) is 12.1. The average Bonchev–Trinajstić information content (AvgIpc) is 3.67. The summed E-state index contributed by atoms with van der Waals surface area (Å²) < 4.78 is 4.97. The number of pyridine rings is 2. The zero-order valence-corrected chi connectivity index (χ0v) is 38.5. The molecule has 0 unspecified atom stereocenters. The van der Waals surface area contributed by atoms with Crippen molar-refractivity contribution >= 4 is 54.9 Å². The predicted octanol–water partition coefficient (Wildman–Crippen LogP) is 13.8. The molecule has 6 nitrogen and oxygen atoms in total. The molecule has 8 rings (SSSR count). The lowest BCUT2D eigenvalue weighted by molar-refractivity contribution is 0.561. The molecule has 0 aliphatic heterocycles. The largest absolute Gasteiger partial charge is 0.311 e. The molecule has 58 heavy (non-hydrogen) atoms. The van der Waals surface area contributed by atoms with E-state index in [4.69, 9.17) is 19.9 Å². The van der Waals surface area contributed by atoms with Gasteiger partial charge in [0, 0.05) is 56.2 Å². The van der Waals surface area contributed by atoms with Gasteiger partial charge >= 0.3 is 0 Å². The smallest absolute Gasteiger partial charge is 0.113 e. The van der Waals surface area contributed by atoms with Gasteiger partial charge in [0.05, 0.1) is 44.5 Å². The normalized spacial score (nSPS) is 14.0. The molecule has 2 aromatic carbocycles. The third kappa shape index (κ3) is 6.46. The van der Waals surface area contributed by atoms with Crippen molar-refractivity contribution in [3.8, 4) is 11.1 Å². The molecule has 0 radical (unpaired) electrons. The van der Waals surface area contributed by atoms with Crippen molar-refractivity contribution in [2.24, 2.45) is 0 Å². The number of aromatic nitrogens is 6. The van der Waals surface area contributed by atoms with Crippen LogP contribution in [0.15, 0.2) is 60.9 Å². The van der Waals surface area contributed by atoms with Gasteiger partial charge in [-0.3, -0.25) is 9.97 Å². The molecule has 0 amide bonds. The Balaban J connectivity index is 1.59. The molecule has 0 spiro atoms. The maximum atomic E-state index is 5.26. The first kappa shape index (κ1) is 40.0. The van der Waals surface area contributed by atoms with Crippen LogP contribution in [0.4, 0.5) is 0 Å². The quantitative estimate of drug-likeness (QED) is 0.167. The average molecular weight is 773 g/mol. The summed E-state index contributed by atoms with van der Waals surface area (Å²) in [5, 5.41) is 2.43. The molecule has 0 atom stereocenters. The number of nitrogens with zero attached hydrogens (tertiary/aromatic N) is 6. The van der Waals surface area contributed by atoms with E-state index in [1.54, 1.807) is 0 Å². The van der Waals surface area contributed by atoms with Crippen LogP contribution in [0, 0.1) is 0 Å². The summed E-state index contributed by atoms with van der Waals surface area (Å²) in [5.74, 6) is 0. The second-order valence-corrected chi connectivity index (χ2v) is 23.2. The number of hydrogen-bond donors (Lipinski definition) is 0. The van der Waals surface area contributed by atoms with Gasteiger partial charge in [0.15, 0.2) is 0 Å². The first-order chi connectivity index (χ1) is 26.5. The van der Waals surface area contributed by atoms with Crippen LogP contribution in [0.25, 0.3) is 66.0 Å². The minimum atomic E-state index is -0.159. The van der Waals surface area contributed by atoms with Crippen LogP contribution in [0.1, 0.15) is 159 Å². The zero-order chi connectivity index (χ0) is 42.4. The molecule has 8 aromatic rings. The lowest BCUT2D eigenvalue weighted by Gasteiger charge is -2.26. The summed E-state index contributed by atoms with van der Waals surface area (Å²) in [4.78, 5) is 20.9. The second kappa shape index (κ2) is 12.3. The van der Waals surface area contributed by atoms with Crippen molar-refractivity contribution in [2.75, 3.05) is 0 Å². The molecule has 0 fully saturated rings. The Morgan fingerprint density at radius 2 is 0.707 bits per heavy atom. The van der Waals surface area contributed by atoms with Gasteiger partial charge in [-0.05, 0) is 81.6 Å². The standard InChI is InChI=1S/C52H64N6/c1-47(2,3)29-19-31(33-23-39-45-35(55-41(27-53-45)49(7,8)9)25-43(51(13,14)15)57(39)37(33)21-29)32-20-30(48(4,5)6)22-38-34(32)24-40-46-36(26-44(58(38)40)52(16,17)18)56-42(28-54-46)50(10,11)12/h19-28H,1-18H3. The van der Waals surface area contributed by atoms with Gasteiger partial charge < -0.3 is 8.80 Å². The number of rotatable bonds is 1. The van der Waals surface area contributed by atoms with Crippen LogP contribution in [-0.2, 0) is 32.5 Å². The Bertz CT molecular complexity index is 2780. The fraction of sp³-hybridized carbons (Fsp3) is 0.462. The van der Waals surface area contributed by atoms with Gasteiger partial charge in [0.2, 0.25) is 0 Å². The maximum Gasteiger partial charge on any atom is 0.113 e. The SMILES string of the molecule is CC(C)(C)c1cc(-c2cc(C(C)(C)C)cc3c2cc2c4ncc(C(C)(C)C)nc4cc(C(C)(C)C)n32)c2cc3c4ncc(C(C)(C)C)nc4cc(C(C)(C)C)n3c2c1. The monoisotopic (exact) mass is 773 g/mol. The molecule has 6 heteroatoms. The van der Waals surface area contributed by atoms with Crippen LogP contribution in [-0.4, -0.2) is 28.7 Å². The van der Waals surface area contributed by atoms with Crippen molar-refractivity contribution in [3.05, 3.63) is 94.8 Å². The summed E-state index contributed by atoms with van der Waals surface area (Å²) in [6.45, 7) is 41.1. The van der Waals surface area contributed by atoms with E-state index < -0.39 is 0 Å². The van der Waals surface area contributed by atoms with Crippen molar-refractivity contribution in [1.82, 2.24) is 28.7 Å². The molecule has 0 saturated heterocycles. The molecule has 0 saturated carbocycles. The van der Waals surface area contributed by atoms with Crippen LogP contribution in [0.5, 0.6) is 0 Å². The lowest BCUT2D eigenvalue weighted by Crippen LogP contribution is -2.18. The highest BCUT2D eigenvalue weighted by Crippen LogP contribution is 2.45. The summed E-state index contributed by atoms with van der Waals surface area (Å²) in [7, 11) is 0. The van der Waals surface area contributed by atoms with Crippen molar-refractivity contribution in [3.63, 3.8) is 0 Å². The molecule has 0 bridgehead atoms. The summed E-state index contributed by atoms with van der Waals surface area (Å²) >= 11 is 0. The second-order valence-electron chi connectivity index (χ2n) is 23.2. The van der Waals surface area contributed by atoms with Crippen LogP contribution in [0.2, 0.25) is 0 Å². The Kier molecular flexibility index (Phi) is 8.51. The molecule has 0 N–H and O–H groups in total. The summed E-state index contributed by atoms with van der Waals surface area (Å²) in [5.41, 5.74) is 17.1. The Morgan fingerprint density at radius 1 is 0.362 bits per heavy atom. The van der Waals surface area contributed by atoms with Crippen LogP contribution >= 0.6 is 0 Å². The lowest BCUT2D eigenvalue weighted by atomic mass is 9.81. The van der Waals surface area contributed by atoms with Crippen molar-refractivity contribution in [1.29, 1.82) is 0 Å². The number of benzene rings is 2. The highest BCUT2D eigenvalue weighted by atomic mass is 15.0. The van der Waals surface area contributed by atoms with Gasteiger partial charge in [-0.2, -0.15) is 0 Å². The maximum absolute atomic E-state index is 5.26. The third-order valence-electron chi connectivity index (χ3n) is 12.1. The van der Waals surface area contributed by atoms with Gasteiger partial charge in [-0.1, -0.05) is 125 Å².